The summed E-state index contributed by atoms with van der Waals surface area (Å²) in [6.07, 6.45) is 1.34. The minimum atomic E-state index is 0.863. The average Bonchev–Trinajstić information content (AvgIpc) is 2.72. The van der Waals surface area contributed by atoms with E-state index in [9.17, 15) is 0 Å². The molecule has 0 spiro atoms. The van der Waals surface area contributed by atoms with Crippen molar-refractivity contribution in [1.82, 2.24) is 10.2 Å². The first kappa shape index (κ1) is 9.34. The van der Waals surface area contributed by atoms with Crippen LogP contribution in [-0.4, -0.2) is 49.0 Å². The molecule has 0 aromatic carbocycles. The van der Waals surface area contributed by atoms with Crippen molar-refractivity contribution in [1.29, 1.82) is 0 Å². The lowest BCUT2D eigenvalue weighted by Crippen LogP contribution is -2.21. The van der Waals surface area contributed by atoms with Crippen molar-refractivity contribution in [2.75, 3.05) is 39.0 Å². The molecule has 0 bridgehead atoms. The molecule has 1 unspecified atom stereocenters. The van der Waals surface area contributed by atoms with Gasteiger partial charge in [-0.25, -0.2) is 0 Å². The molecule has 13 heavy (non-hydrogen) atoms. The predicted octanol–water partition coefficient (Wildman–Crippen LogP) is 0.630. The Balaban J connectivity index is 1.72. The molecule has 2 aliphatic heterocycles. The normalized spacial score (nSPS) is 28.2. The second-order valence-corrected chi connectivity index (χ2v) is 4.74. The van der Waals surface area contributed by atoms with Crippen LogP contribution in [0.25, 0.3) is 0 Å². The molecule has 0 aromatic heterocycles. The minimum absolute atomic E-state index is 0.863. The summed E-state index contributed by atoms with van der Waals surface area (Å²) in [5, 5.41) is 4.63. The fourth-order valence-corrected chi connectivity index (χ4v) is 2.88. The quantitative estimate of drug-likeness (QED) is 0.707. The summed E-state index contributed by atoms with van der Waals surface area (Å²) < 4.78 is 0. The first-order valence-corrected chi connectivity index (χ1v) is 5.94. The number of nitrogens with zero attached hydrogens (tertiary/aromatic N) is 2. The molecule has 0 aromatic rings. The SMILES string of the molecule is CN1CCN=C1SCC1CCNC1. The van der Waals surface area contributed by atoms with Crippen LogP contribution < -0.4 is 5.32 Å². The Morgan fingerprint density at radius 3 is 3.23 bits per heavy atom. The Hall–Kier alpha value is -0.220. The fraction of sp³-hybridized carbons (Fsp3) is 0.889. The summed E-state index contributed by atoms with van der Waals surface area (Å²) in [5.74, 6) is 2.09. The van der Waals surface area contributed by atoms with Gasteiger partial charge in [0.15, 0.2) is 5.17 Å². The molecular weight excluding hydrogens is 182 g/mol. The molecule has 2 heterocycles. The van der Waals surface area contributed by atoms with Crippen molar-refractivity contribution >= 4 is 16.9 Å². The lowest BCUT2D eigenvalue weighted by Gasteiger charge is -2.14. The first-order valence-electron chi connectivity index (χ1n) is 4.95. The number of nitrogens with one attached hydrogen (secondary N) is 1. The van der Waals surface area contributed by atoms with E-state index in [0.717, 1.165) is 19.0 Å². The molecule has 2 rings (SSSR count). The van der Waals surface area contributed by atoms with Crippen molar-refractivity contribution in [2.24, 2.45) is 10.9 Å². The summed E-state index contributed by atoms with van der Waals surface area (Å²) in [4.78, 5) is 6.72. The van der Waals surface area contributed by atoms with Crippen LogP contribution in [0.5, 0.6) is 0 Å². The van der Waals surface area contributed by atoms with Gasteiger partial charge in [-0.2, -0.15) is 0 Å². The molecule has 0 saturated carbocycles. The topological polar surface area (TPSA) is 27.6 Å². The number of rotatable bonds is 2. The summed E-state index contributed by atoms with van der Waals surface area (Å²) in [6.45, 7) is 4.49. The molecule has 74 valence electrons. The van der Waals surface area contributed by atoms with Gasteiger partial charge in [-0.05, 0) is 25.4 Å². The van der Waals surface area contributed by atoms with Crippen LogP contribution in [0.2, 0.25) is 0 Å². The van der Waals surface area contributed by atoms with Crippen LogP contribution in [0, 0.1) is 5.92 Å². The third-order valence-electron chi connectivity index (χ3n) is 2.62. The van der Waals surface area contributed by atoms with Crippen molar-refractivity contribution in [3.05, 3.63) is 0 Å². The van der Waals surface area contributed by atoms with Crippen LogP contribution in [-0.2, 0) is 0 Å². The summed E-state index contributed by atoms with van der Waals surface area (Å²) in [5.41, 5.74) is 0. The highest BCUT2D eigenvalue weighted by molar-refractivity contribution is 8.13. The van der Waals surface area contributed by atoms with Crippen LogP contribution in [0.1, 0.15) is 6.42 Å². The van der Waals surface area contributed by atoms with E-state index < -0.39 is 0 Å². The predicted molar refractivity (Wildman–Crippen MR) is 58.4 cm³/mol. The van der Waals surface area contributed by atoms with Gasteiger partial charge in [0, 0.05) is 19.3 Å². The molecule has 0 radical (unpaired) electrons. The number of hydrogen-bond donors (Lipinski definition) is 1. The maximum Gasteiger partial charge on any atom is 0.159 e. The first-order chi connectivity index (χ1) is 6.36. The molecule has 1 fully saturated rings. The van der Waals surface area contributed by atoms with Crippen molar-refractivity contribution in [3.8, 4) is 0 Å². The van der Waals surface area contributed by atoms with Gasteiger partial charge in [-0.3, -0.25) is 4.99 Å². The molecule has 1 saturated heterocycles. The van der Waals surface area contributed by atoms with E-state index in [4.69, 9.17) is 0 Å². The van der Waals surface area contributed by atoms with Gasteiger partial charge in [-0.15, -0.1) is 0 Å². The molecule has 2 aliphatic rings. The fourth-order valence-electron chi connectivity index (χ4n) is 1.72. The largest absolute Gasteiger partial charge is 0.353 e. The zero-order chi connectivity index (χ0) is 9.10. The second-order valence-electron chi connectivity index (χ2n) is 3.76. The third-order valence-corrected chi connectivity index (χ3v) is 3.96. The second kappa shape index (κ2) is 4.33. The van der Waals surface area contributed by atoms with Gasteiger partial charge in [0.25, 0.3) is 0 Å². The Morgan fingerprint density at radius 1 is 1.69 bits per heavy atom. The van der Waals surface area contributed by atoms with Gasteiger partial charge < -0.3 is 10.2 Å². The van der Waals surface area contributed by atoms with Gasteiger partial charge in [0.1, 0.15) is 0 Å². The van der Waals surface area contributed by atoms with Gasteiger partial charge >= 0.3 is 0 Å². The van der Waals surface area contributed by atoms with Crippen LogP contribution in [0.3, 0.4) is 0 Å². The Bertz CT molecular complexity index is 199. The highest BCUT2D eigenvalue weighted by Gasteiger charge is 2.18. The Labute approximate surface area is 84.0 Å². The molecule has 4 heteroatoms. The highest BCUT2D eigenvalue weighted by Crippen LogP contribution is 2.19. The average molecular weight is 199 g/mol. The van der Waals surface area contributed by atoms with E-state index >= 15 is 0 Å². The maximum absolute atomic E-state index is 4.46. The number of thioether (sulfide) groups is 1. The van der Waals surface area contributed by atoms with Crippen molar-refractivity contribution in [2.45, 2.75) is 6.42 Å². The van der Waals surface area contributed by atoms with E-state index in [1.807, 2.05) is 11.8 Å². The van der Waals surface area contributed by atoms with Crippen molar-refractivity contribution < 1.29 is 0 Å². The smallest absolute Gasteiger partial charge is 0.159 e. The molecule has 1 N–H and O–H groups in total. The number of likely N-dealkylation sites (N-methyl/N-ethyl adjacent to an activating group) is 1. The van der Waals surface area contributed by atoms with E-state index in [0.29, 0.717) is 0 Å². The van der Waals surface area contributed by atoms with Crippen LogP contribution in [0.4, 0.5) is 0 Å². The van der Waals surface area contributed by atoms with E-state index in [2.05, 4.69) is 22.3 Å². The Morgan fingerprint density at radius 2 is 2.62 bits per heavy atom. The van der Waals surface area contributed by atoms with E-state index in [-0.39, 0.29) is 0 Å². The number of aliphatic imine (C=N–C) groups is 1. The van der Waals surface area contributed by atoms with E-state index in [1.165, 1.54) is 30.4 Å². The highest BCUT2D eigenvalue weighted by atomic mass is 32.2. The lowest BCUT2D eigenvalue weighted by molar-refractivity contribution is 0.564. The molecule has 1 atom stereocenters. The lowest BCUT2D eigenvalue weighted by atomic mass is 10.2. The van der Waals surface area contributed by atoms with Gasteiger partial charge in [0.2, 0.25) is 0 Å². The third kappa shape index (κ3) is 2.38. The summed E-state index contributed by atoms with van der Waals surface area (Å²) in [7, 11) is 2.13. The molecule has 0 aliphatic carbocycles. The van der Waals surface area contributed by atoms with Crippen molar-refractivity contribution in [3.63, 3.8) is 0 Å². The maximum atomic E-state index is 4.46. The molecule has 0 amide bonds. The summed E-state index contributed by atoms with van der Waals surface area (Å²) in [6, 6.07) is 0. The number of hydrogen-bond acceptors (Lipinski definition) is 4. The Kier molecular flexibility index (Phi) is 3.11. The standard InChI is InChI=1S/C9H17N3S/c1-12-5-4-11-9(12)13-7-8-2-3-10-6-8/h8,10H,2-7H2,1H3. The molecular formula is C9H17N3S. The summed E-state index contributed by atoms with van der Waals surface area (Å²) >= 11 is 1.93. The van der Waals surface area contributed by atoms with E-state index in [1.54, 1.807) is 0 Å². The zero-order valence-corrected chi connectivity index (χ0v) is 8.94. The van der Waals surface area contributed by atoms with Gasteiger partial charge in [0.05, 0.1) is 6.54 Å². The monoisotopic (exact) mass is 199 g/mol. The van der Waals surface area contributed by atoms with Crippen LogP contribution in [0.15, 0.2) is 4.99 Å². The minimum Gasteiger partial charge on any atom is -0.353 e. The van der Waals surface area contributed by atoms with Gasteiger partial charge in [-0.1, -0.05) is 11.8 Å². The zero-order valence-electron chi connectivity index (χ0n) is 8.12. The van der Waals surface area contributed by atoms with Crippen LogP contribution >= 0.6 is 11.8 Å². The molecule has 3 nitrogen and oxygen atoms in total. The number of amidine groups is 1.